The number of anilines is 1. The highest BCUT2D eigenvalue weighted by molar-refractivity contribution is 7.13. The summed E-state index contributed by atoms with van der Waals surface area (Å²) >= 11 is 1.18. The first-order chi connectivity index (χ1) is 14.6. The smallest absolute Gasteiger partial charge is 0.286 e. The number of hydrogen-bond donors (Lipinski definition) is 2. The summed E-state index contributed by atoms with van der Waals surface area (Å²) in [5.41, 5.74) is 1.59. The predicted molar refractivity (Wildman–Crippen MR) is 114 cm³/mol. The molecular weight excluding hydrogens is 404 g/mol. The second kappa shape index (κ2) is 10.4. The summed E-state index contributed by atoms with van der Waals surface area (Å²) in [5, 5.41) is 14.4. The lowest BCUT2D eigenvalue weighted by Crippen LogP contribution is -2.23. The number of nitrogens with one attached hydrogen (secondary N) is 2. The van der Waals surface area contributed by atoms with Crippen LogP contribution in [0.4, 0.5) is 5.69 Å². The van der Waals surface area contributed by atoms with Crippen LogP contribution in [0.1, 0.15) is 26.8 Å². The number of carbonyl (C=O) groups is 2. The van der Waals surface area contributed by atoms with Gasteiger partial charge in [-0.25, -0.2) is 0 Å². The van der Waals surface area contributed by atoms with Crippen LogP contribution in [0.25, 0.3) is 0 Å². The number of nitrogens with zero attached hydrogens (tertiary/aromatic N) is 2. The molecule has 0 aliphatic carbocycles. The molecule has 0 saturated heterocycles. The largest absolute Gasteiger partial charge is 0.493 e. The molecule has 2 aromatic carbocycles. The third-order valence-electron chi connectivity index (χ3n) is 4.20. The van der Waals surface area contributed by atoms with Crippen molar-refractivity contribution < 1.29 is 19.1 Å². The standard InChI is InChI=1S/C21H22N4O4S/c1-28-16-9-8-14(12-17(16)29-2)13-22-18(26)10-11-19-24-25-21(30-19)20(27)23-15-6-4-3-5-7-15/h3-9,12H,10-11,13H2,1-2H3,(H,22,26)(H,23,27). The van der Waals surface area contributed by atoms with Crippen molar-refractivity contribution in [2.75, 3.05) is 19.5 Å². The van der Waals surface area contributed by atoms with E-state index in [1.165, 1.54) is 11.3 Å². The third-order valence-corrected chi connectivity index (χ3v) is 5.18. The van der Waals surface area contributed by atoms with Gasteiger partial charge in [-0.2, -0.15) is 0 Å². The molecule has 0 aliphatic rings. The maximum absolute atomic E-state index is 12.2. The number of rotatable bonds is 9. The number of aromatic nitrogens is 2. The molecule has 3 aromatic rings. The third kappa shape index (κ3) is 5.77. The van der Waals surface area contributed by atoms with Crippen molar-refractivity contribution in [1.29, 1.82) is 0 Å². The van der Waals surface area contributed by atoms with Crippen molar-refractivity contribution in [2.45, 2.75) is 19.4 Å². The van der Waals surface area contributed by atoms with E-state index in [4.69, 9.17) is 9.47 Å². The Balaban J connectivity index is 1.47. The topological polar surface area (TPSA) is 102 Å². The molecule has 9 heteroatoms. The highest BCUT2D eigenvalue weighted by Crippen LogP contribution is 2.27. The quantitative estimate of drug-likeness (QED) is 0.545. The fourth-order valence-electron chi connectivity index (χ4n) is 2.65. The van der Waals surface area contributed by atoms with E-state index in [-0.39, 0.29) is 23.2 Å². The molecule has 0 bridgehead atoms. The molecule has 0 radical (unpaired) electrons. The summed E-state index contributed by atoms with van der Waals surface area (Å²) in [6.45, 7) is 0.375. The van der Waals surface area contributed by atoms with Crippen LogP contribution in [0.15, 0.2) is 48.5 Å². The zero-order valence-corrected chi connectivity index (χ0v) is 17.5. The van der Waals surface area contributed by atoms with Crippen LogP contribution >= 0.6 is 11.3 Å². The predicted octanol–water partition coefficient (Wildman–Crippen LogP) is 3.06. The lowest BCUT2D eigenvalue weighted by Gasteiger charge is -2.10. The molecule has 0 fully saturated rings. The van der Waals surface area contributed by atoms with Crippen LogP contribution in [-0.2, 0) is 17.8 Å². The molecule has 0 unspecified atom stereocenters. The second-order valence-electron chi connectivity index (χ2n) is 6.29. The molecule has 2 N–H and O–H groups in total. The van der Waals surface area contributed by atoms with E-state index in [2.05, 4.69) is 20.8 Å². The highest BCUT2D eigenvalue weighted by Gasteiger charge is 2.14. The van der Waals surface area contributed by atoms with Gasteiger partial charge in [-0.15, -0.1) is 10.2 Å². The van der Waals surface area contributed by atoms with Crippen LogP contribution in [0, 0.1) is 0 Å². The van der Waals surface area contributed by atoms with E-state index in [1.807, 2.05) is 30.3 Å². The monoisotopic (exact) mass is 426 g/mol. The zero-order valence-electron chi connectivity index (χ0n) is 16.7. The summed E-state index contributed by atoms with van der Waals surface area (Å²) in [5.74, 6) is 0.813. The van der Waals surface area contributed by atoms with Crippen molar-refractivity contribution >= 4 is 28.8 Å². The molecule has 3 rings (SSSR count). The normalized spacial score (nSPS) is 10.3. The van der Waals surface area contributed by atoms with E-state index < -0.39 is 0 Å². The molecule has 30 heavy (non-hydrogen) atoms. The van der Waals surface area contributed by atoms with Crippen LogP contribution in [0.5, 0.6) is 11.5 Å². The minimum atomic E-state index is -0.317. The van der Waals surface area contributed by atoms with Crippen LogP contribution in [0.3, 0.4) is 0 Å². The van der Waals surface area contributed by atoms with Gasteiger partial charge < -0.3 is 20.1 Å². The Morgan fingerprint density at radius 3 is 2.50 bits per heavy atom. The molecule has 0 aliphatic heterocycles. The van der Waals surface area contributed by atoms with E-state index in [9.17, 15) is 9.59 Å². The molecule has 1 aromatic heterocycles. The summed E-state index contributed by atoms with van der Waals surface area (Å²) in [4.78, 5) is 24.4. The van der Waals surface area contributed by atoms with Crippen LogP contribution in [-0.4, -0.2) is 36.2 Å². The fourth-order valence-corrected chi connectivity index (χ4v) is 3.39. The highest BCUT2D eigenvalue weighted by atomic mass is 32.1. The lowest BCUT2D eigenvalue weighted by molar-refractivity contribution is -0.121. The first-order valence-electron chi connectivity index (χ1n) is 9.25. The van der Waals surface area contributed by atoms with Crippen LogP contribution in [0.2, 0.25) is 0 Å². The van der Waals surface area contributed by atoms with E-state index in [0.717, 1.165) is 5.56 Å². The average Bonchev–Trinajstić information content (AvgIpc) is 3.26. The van der Waals surface area contributed by atoms with Gasteiger partial charge in [0.2, 0.25) is 10.9 Å². The zero-order chi connectivity index (χ0) is 21.3. The van der Waals surface area contributed by atoms with Crippen LogP contribution < -0.4 is 20.1 Å². The Labute approximate surface area is 178 Å². The number of amides is 2. The first-order valence-corrected chi connectivity index (χ1v) is 10.1. The Hall–Kier alpha value is -3.46. The van der Waals surface area contributed by atoms with E-state index in [0.29, 0.717) is 35.2 Å². The van der Waals surface area contributed by atoms with Gasteiger partial charge in [-0.3, -0.25) is 9.59 Å². The van der Waals surface area contributed by atoms with Crippen molar-refractivity contribution in [1.82, 2.24) is 15.5 Å². The van der Waals surface area contributed by atoms with Crippen molar-refractivity contribution in [3.63, 3.8) is 0 Å². The van der Waals surface area contributed by atoms with E-state index >= 15 is 0 Å². The summed E-state index contributed by atoms with van der Waals surface area (Å²) < 4.78 is 10.5. The molecular formula is C21H22N4O4S. The van der Waals surface area contributed by atoms with Gasteiger partial charge in [0.15, 0.2) is 11.5 Å². The van der Waals surface area contributed by atoms with Crippen molar-refractivity contribution in [3.05, 3.63) is 64.1 Å². The molecule has 2 amide bonds. The van der Waals surface area contributed by atoms with Gasteiger partial charge in [-0.05, 0) is 29.8 Å². The molecule has 0 saturated carbocycles. The maximum atomic E-state index is 12.2. The number of para-hydroxylation sites is 1. The van der Waals surface area contributed by atoms with Gasteiger partial charge in [0.05, 0.1) is 14.2 Å². The number of ether oxygens (including phenoxy) is 2. The molecule has 1 heterocycles. The van der Waals surface area contributed by atoms with Gasteiger partial charge in [-0.1, -0.05) is 35.6 Å². The molecule has 156 valence electrons. The first kappa shape index (κ1) is 21.3. The Morgan fingerprint density at radius 1 is 1.00 bits per heavy atom. The van der Waals surface area contributed by atoms with Gasteiger partial charge in [0.25, 0.3) is 5.91 Å². The van der Waals surface area contributed by atoms with Gasteiger partial charge in [0, 0.05) is 25.1 Å². The molecule has 0 atom stereocenters. The summed E-state index contributed by atoms with van der Waals surface area (Å²) in [6.07, 6.45) is 0.663. The SMILES string of the molecule is COc1ccc(CNC(=O)CCc2nnc(C(=O)Nc3ccccc3)s2)cc1OC. The number of aryl methyl sites for hydroxylation is 1. The molecule has 0 spiro atoms. The van der Waals surface area contributed by atoms with Crippen molar-refractivity contribution in [3.8, 4) is 11.5 Å². The van der Waals surface area contributed by atoms with Crippen molar-refractivity contribution in [2.24, 2.45) is 0 Å². The number of methoxy groups -OCH3 is 2. The fraction of sp³-hybridized carbons (Fsp3) is 0.238. The summed E-state index contributed by atoms with van der Waals surface area (Å²) in [7, 11) is 3.14. The summed E-state index contributed by atoms with van der Waals surface area (Å²) in [6, 6.07) is 14.6. The average molecular weight is 426 g/mol. The van der Waals surface area contributed by atoms with E-state index in [1.54, 1.807) is 32.4 Å². The number of hydrogen-bond acceptors (Lipinski definition) is 7. The molecule has 8 nitrogen and oxygen atoms in total. The Kier molecular flexibility index (Phi) is 7.34. The Morgan fingerprint density at radius 2 is 1.77 bits per heavy atom. The minimum Gasteiger partial charge on any atom is -0.493 e. The van der Waals surface area contributed by atoms with Gasteiger partial charge in [0.1, 0.15) is 5.01 Å². The number of carbonyl (C=O) groups excluding carboxylic acids is 2. The lowest BCUT2D eigenvalue weighted by atomic mass is 10.2. The Bertz CT molecular complexity index is 1010. The second-order valence-corrected chi connectivity index (χ2v) is 7.35. The maximum Gasteiger partial charge on any atom is 0.286 e. The number of benzene rings is 2. The van der Waals surface area contributed by atoms with Gasteiger partial charge >= 0.3 is 0 Å². The minimum absolute atomic E-state index is 0.115.